The van der Waals surface area contributed by atoms with E-state index in [1.54, 1.807) is 0 Å². The minimum atomic E-state index is -0.205. The summed E-state index contributed by atoms with van der Waals surface area (Å²) < 4.78 is 33.3. The molecule has 2 fully saturated rings. The Kier molecular flexibility index (Phi) is 34.9. The molecule has 2 atom stereocenters. The predicted octanol–water partition coefficient (Wildman–Crippen LogP) is 2.36. The summed E-state index contributed by atoms with van der Waals surface area (Å²) in [6, 6.07) is 13.7. The highest BCUT2D eigenvalue weighted by atomic mass is 16.5. The zero-order valence-corrected chi connectivity index (χ0v) is 57.4. The Bertz CT molecular complexity index is 2900. The lowest BCUT2D eigenvalue weighted by Gasteiger charge is -2.31. The molecule has 2 aromatic carbocycles. The van der Waals surface area contributed by atoms with Crippen molar-refractivity contribution in [3.05, 3.63) is 113 Å². The molecule has 3 heterocycles. The first-order chi connectivity index (χ1) is 45.6. The van der Waals surface area contributed by atoms with Crippen LogP contribution in [0, 0.1) is 5.41 Å². The number of carbonyl (C=O) groups excluding carboxylic acids is 4. The van der Waals surface area contributed by atoms with Gasteiger partial charge in [0.25, 0.3) is 0 Å². The normalized spacial score (nSPS) is 19.1. The molecule has 2 saturated heterocycles. The Morgan fingerprint density at radius 2 is 1.12 bits per heavy atom. The number of carbonyl (C=O) groups is 4. The van der Waals surface area contributed by atoms with Crippen LogP contribution in [0.1, 0.15) is 76.5 Å². The van der Waals surface area contributed by atoms with Gasteiger partial charge < -0.3 is 71.4 Å². The molecule has 22 heteroatoms. The summed E-state index contributed by atoms with van der Waals surface area (Å²) in [6.07, 6.45) is 21.7. The van der Waals surface area contributed by atoms with Gasteiger partial charge in [-0.2, -0.15) is 0 Å². The summed E-state index contributed by atoms with van der Waals surface area (Å²) in [5.41, 5.74) is 18.1. The zero-order valence-electron chi connectivity index (χ0n) is 57.4. The molecule has 0 spiro atoms. The quantitative estimate of drug-likeness (QED) is 0.0372. The maximum absolute atomic E-state index is 13.2. The van der Waals surface area contributed by atoms with Crippen LogP contribution in [-0.4, -0.2) is 259 Å². The lowest BCUT2D eigenvalue weighted by Crippen LogP contribution is -2.50. The monoisotopic (exact) mass is 1310 g/mol. The first-order valence-electron chi connectivity index (χ1n) is 34.2. The first-order valence-corrected chi connectivity index (χ1v) is 34.2. The molecule has 2 unspecified atom stereocenters. The SMILES string of the molecule is C=Cc1ccc2c(c1C=C)C(C)(C)C(=CC=CC=CC1N(CCCCCC(=O)NCCOCCOCCNC(=O)CN3CCNCCN(CC(=O)NCCOCCOCCN)CCN(CC(=O)NCCOCCOCCN)CC3)C3CC=c4ccccc4=C3C1(C)C)N2C. The molecule has 1 aliphatic carbocycles. The first kappa shape index (κ1) is 77.1. The fourth-order valence-corrected chi connectivity index (χ4v) is 13.1. The van der Waals surface area contributed by atoms with Crippen molar-refractivity contribution in [2.24, 2.45) is 16.9 Å². The van der Waals surface area contributed by atoms with Crippen LogP contribution in [-0.2, 0) is 53.0 Å². The van der Waals surface area contributed by atoms with Crippen molar-refractivity contribution in [2.75, 3.05) is 209 Å². The Balaban J connectivity index is 0.862. The van der Waals surface area contributed by atoms with Crippen molar-refractivity contribution in [2.45, 2.75) is 77.3 Å². The van der Waals surface area contributed by atoms with Crippen LogP contribution < -0.4 is 53.4 Å². The summed E-state index contributed by atoms with van der Waals surface area (Å²) in [4.78, 5) is 63.5. The Morgan fingerprint density at radius 1 is 0.606 bits per heavy atom. The predicted molar refractivity (Wildman–Crippen MR) is 376 cm³/mol. The summed E-state index contributed by atoms with van der Waals surface area (Å²) >= 11 is 0. The number of ether oxygens (including phenoxy) is 6. The van der Waals surface area contributed by atoms with Crippen LogP contribution >= 0.6 is 0 Å². The highest BCUT2D eigenvalue weighted by Gasteiger charge is 2.49. The van der Waals surface area contributed by atoms with E-state index in [4.69, 9.17) is 39.9 Å². The van der Waals surface area contributed by atoms with E-state index in [1.165, 1.54) is 33.0 Å². The van der Waals surface area contributed by atoms with E-state index in [1.807, 2.05) is 12.2 Å². The second kappa shape index (κ2) is 42.6. The molecule has 4 amide bonds. The third-order valence-electron chi connectivity index (χ3n) is 17.8. The molecule has 6 rings (SSSR count). The zero-order chi connectivity index (χ0) is 67.4. The number of rotatable bonds is 42. The highest BCUT2D eigenvalue weighted by Crippen LogP contribution is 2.50. The number of hydrogen-bond donors (Lipinski definition) is 7. The fourth-order valence-electron chi connectivity index (χ4n) is 13.1. The van der Waals surface area contributed by atoms with Gasteiger partial charge in [-0.05, 0) is 70.7 Å². The molecule has 522 valence electrons. The van der Waals surface area contributed by atoms with Gasteiger partial charge >= 0.3 is 0 Å². The molecule has 0 radical (unpaired) electrons. The number of likely N-dealkylation sites (tertiary alicyclic amines) is 1. The lowest BCUT2D eigenvalue weighted by molar-refractivity contribution is -0.124. The Hall–Kier alpha value is -5.96. The number of anilines is 1. The lowest BCUT2D eigenvalue weighted by atomic mass is 9.76. The molecule has 4 aliphatic rings. The van der Waals surface area contributed by atoms with E-state index in [9.17, 15) is 19.2 Å². The van der Waals surface area contributed by atoms with Crippen molar-refractivity contribution in [1.82, 2.24) is 46.2 Å². The minimum absolute atomic E-state index is 0.0294. The van der Waals surface area contributed by atoms with Gasteiger partial charge in [0.05, 0.1) is 98.9 Å². The summed E-state index contributed by atoms with van der Waals surface area (Å²) in [7, 11) is 2.15. The average Bonchev–Trinajstić information content (AvgIpc) is 1.58. The van der Waals surface area contributed by atoms with Gasteiger partial charge in [-0.25, -0.2) is 0 Å². The minimum Gasteiger partial charge on any atom is -0.378 e. The second-order valence-corrected chi connectivity index (χ2v) is 25.3. The fraction of sp³-hybridized carbons (Fsp3) is 0.611. The van der Waals surface area contributed by atoms with Gasteiger partial charge in [-0.15, -0.1) is 0 Å². The standard InChI is InChI=1S/C72H114N12O10/c1-8-57-23-25-61-69(59(57)9-2)71(3,4)63(80(61)7)20-12-10-13-21-64-72(5,6)70-60-19-16-15-18-58(60)24-26-62(70)84(64)35-17-11-14-22-65(85)76-31-44-91-52-53-94-47-33-78-67(87)55-82-37-30-75-29-36-81(54-66(86)77-32-45-92-50-48-89-42-27-73)38-40-83(41-39-82)56-68(88)79-34-46-93-51-49-90-43-28-74/h8-10,12-13,15-16,18-21,23-25,62,64,75H,1-2,11,14,17,22,26-56,73-74H2,3-7H3,(H,76,85)(H,77,86)(H,78,87)(H,79,88). The number of nitrogens with two attached hydrogens (primary N) is 2. The molecule has 2 aromatic rings. The number of hydrogen-bond acceptors (Lipinski definition) is 18. The number of amides is 4. The third kappa shape index (κ3) is 24.9. The number of likely N-dealkylation sites (N-methyl/N-ethyl adjacent to an activating group) is 1. The molecule has 9 N–H and O–H groups in total. The Labute approximate surface area is 560 Å². The highest BCUT2D eigenvalue weighted by molar-refractivity contribution is 5.82. The second-order valence-electron chi connectivity index (χ2n) is 25.3. The van der Waals surface area contributed by atoms with Gasteiger partial charge in [-0.3, -0.25) is 38.8 Å². The molecule has 0 saturated carbocycles. The smallest absolute Gasteiger partial charge is 0.234 e. The van der Waals surface area contributed by atoms with E-state index in [0.29, 0.717) is 183 Å². The summed E-state index contributed by atoms with van der Waals surface area (Å²) in [6.45, 7) is 31.0. The number of unbranched alkanes of at least 4 members (excludes halogenated alkanes) is 2. The molecule has 94 heavy (non-hydrogen) atoms. The molecule has 0 bridgehead atoms. The van der Waals surface area contributed by atoms with E-state index in [-0.39, 0.29) is 60.1 Å². The van der Waals surface area contributed by atoms with Crippen molar-refractivity contribution >= 4 is 53.1 Å². The number of allylic oxidation sites excluding steroid dienone is 5. The van der Waals surface area contributed by atoms with Gasteiger partial charge in [0, 0.05) is 139 Å². The van der Waals surface area contributed by atoms with Crippen LogP contribution in [0.4, 0.5) is 5.69 Å². The number of benzene rings is 2. The molecule has 22 nitrogen and oxygen atoms in total. The van der Waals surface area contributed by atoms with Crippen molar-refractivity contribution in [3.8, 4) is 0 Å². The summed E-state index contributed by atoms with van der Waals surface area (Å²) in [5, 5.41) is 18.0. The van der Waals surface area contributed by atoms with E-state index in [2.05, 4.69) is 172 Å². The Morgan fingerprint density at radius 3 is 1.64 bits per heavy atom. The number of nitrogens with one attached hydrogen (secondary N) is 5. The number of fused-ring (bicyclic) bond motifs is 3. The molecular formula is C72H114N12O10. The van der Waals surface area contributed by atoms with Crippen LogP contribution in [0.2, 0.25) is 0 Å². The van der Waals surface area contributed by atoms with Gasteiger partial charge in [0.1, 0.15) is 0 Å². The van der Waals surface area contributed by atoms with E-state index < -0.39 is 0 Å². The van der Waals surface area contributed by atoms with Crippen LogP contribution in [0.25, 0.3) is 23.8 Å². The average molecular weight is 1310 g/mol. The molecule has 3 aliphatic heterocycles. The largest absolute Gasteiger partial charge is 0.378 e. The van der Waals surface area contributed by atoms with Crippen LogP contribution in [0.3, 0.4) is 0 Å². The van der Waals surface area contributed by atoms with Gasteiger partial charge in [0.15, 0.2) is 0 Å². The maximum Gasteiger partial charge on any atom is 0.234 e. The van der Waals surface area contributed by atoms with Gasteiger partial charge in [0.2, 0.25) is 23.6 Å². The van der Waals surface area contributed by atoms with Crippen LogP contribution in [0.15, 0.2) is 85.6 Å². The topological polar surface area (TPSA) is 252 Å². The van der Waals surface area contributed by atoms with Gasteiger partial charge in [-0.1, -0.05) is 120 Å². The van der Waals surface area contributed by atoms with E-state index in [0.717, 1.165) is 43.4 Å². The molecular weight excluding hydrogens is 1190 g/mol. The summed E-state index contributed by atoms with van der Waals surface area (Å²) in [5.74, 6) is -0.331. The number of nitrogens with zero attached hydrogens (tertiary/aromatic N) is 5. The van der Waals surface area contributed by atoms with Crippen molar-refractivity contribution < 1.29 is 47.6 Å². The third-order valence-corrected chi connectivity index (χ3v) is 17.8. The maximum atomic E-state index is 13.2. The van der Waals surface area contributed by atoms with Crippen molar-refractivity contribution in [3.63, 3.8) is 0 Å². The van der Waals surface area contributed by atoms with Crippen LogP contribution in [0.5, 0.6) is 0 Å². The van der Waals surface area contributed by atoms with E-state index >= 15 is 0 Å². The van der Waals surface area contributed by atoms with Crippen molar-refractivity contribution in [1.29, 1.82) is 0 Å². The molecule has 0 aromatic heterocycles.